The number of para-hydroxylation sites is 2. The second-order valence-electron chi connectivity index (χ2n) is 7.44. The summed E-state index contributed by atoms with van der Waals surface area (Å²) in [5, 5.41) is 4.66. The number of fused-ring (bicyclic) bond motifs is 1. The third-order valence-electron chi connectivity index (χ3n) is 6.07. The average molecular weight is 355 g/mol. The van der Waals surface area contributed by atoms with Gasteiger partial charge in [-0.15, -0.1) is 0 Å². The van der Waals surface area contributed by atoms with Crippen LogP contribution in [-0.4, -0.2) is 21.4 Å². The molecule has 0 bridgehead atoms. The minimum atomic E-state index is -0.518. The number of carbonyl (C=O) groups excluding carboxylic acids is 2. The summed E-state index contributed by atoms with van der Waals surface area (Å²) in [5.74, 6) is -1.45. The van der Waals surface area contributed by atoms with Crippen LogP contribution in [0.3, 0.4) is 0 Å². The molecule has 2 aromatic carbocycles. The van der Waals surface area contributed by atoms with Crippen LogP contribution in [0.1, 0.15) is 28.5 Å². The molecule has 2 aliphatic rings. The van der Waals surface area contributed by atoms with Gasteiger partial charge in [-0.2, -0.15) is 0 Å². The summed E-state index contributed by atoms with van der Waals surface area (Å²) in [6, 6.07) is 14.2. The molecule has 132 valence electrons. The van der Waals surface area contributed by atoms with Crippen molar-refractivity contribution in [3.8, 4) is 0 Å². The number of rotatable bonds is 2. The van der Waals surface area contributed by atoms with Crippen LogP contribution in [0.5, 0.6) is 0 Å². The van der Waals surface area contributed by atoms with E-state index in [0.717, 1.165) is 40.4 Å². The SMILES string of the molecule is O=C1NC(=O)[C@@H](c2cn3c4c(cccc24)CC3)C1c1c[nH]c2ccccc12. The van der Waals surface area contributed by atoms with Gasteiger partial charge in [0.25, 0.3) is 0 Å². The van der Waals surface area contributed by atoms with E-state index in [4.69, 9.17) is 0 Å². The maximum absolute atomic E-state index is 12.8. The zero-order valence-electron chi connectivity index (χ0n) is 14.5. The Morgan fingerprint density at radius 1 is 0.889 bits per heavy atom. The molecule has 4 aromatic rings. The quantitative estimate of drug-likeness (QED) is 0.542. The molecule has 2 N–H and O–H groups in total. The first-order valence-corrected chi connectivity index (χ1v) is 9.24. The monoisotopic (exact) mass is 355 g/mol. The van der Waals surface area contributed by atoms with Gasteiger partial charge < -0.3 is 9.55 Å². The van der Waals surface area contributed by atoms with Gasteiger partial charge in [0.2, 0.25) is 11.8 Å². The lowest BCUT2D eigenvalue weighted by Gasteiger charge is -2.15. The van der Waals surface area contributed by atoms with E-state index in [9.17, 15) is 9.59 Å². The minimum absolute atomic E-state index is 0.208. The van der Waals surface area contributed by atoms with Crippen molar-refractivity contribution in [2.45, 2.75) is 24.8 Å². The molecule has 1 saturated heterocycles. The van der Waals surface area contributed by atoms with E-state index in [0.29, 0.717) is 0 Å². The third kappa shape index (κ3) is 1.88. The van der Waals surface area contributed by atoms with Crippen LogP contribution in [-0.2, 0) is 22.6 Å². The molecule has 27 heavy (non-hydrogen) atoms. The number of hydrogen-bond donors (Lipinski definition) is 2. The number of amides is 2. The number of aromatic nitrogens is 2. The average Bonchev–Trinajstić information content (AvgIpc) is 3.41. The summed E-state index contributed by atoms with van der Waals surface area (Å²) in [6.45, 7) is 0.926. The lowest BCUT2D eigenvalue weighted by Crippen LogP contribution is -2.21. The van der Waals surface area contributed by atoms with Crippen LogP contribution in [0, 0.1) is 0 Å². The summed E-state index contributed by atoms with van der Waals surface area (Å²) in [6.07, 6.45) is 4.97. The number of nitrogens with zero attached hydrogens (tertiary/aromatic N) is 1. The molecule has 6 rings (SSSR count). The van der Waals surface area contributed by atoms with Crippen molar-refractivity contribution in [1.82, 2.24) is 14.9 Å². The highest BCUT2D eigenvalue weighted by atomic mass is 16.2. The molecule has 0 radical (unpaired) electrons. The van der Waals surface area contributed by atoms with Crippen LogP contribution < -0.4 is 5.32 Å². The van der Waals surface area contributed by atoms with Crippen molar-refractivity contribution < 1.29 is 9.59 Å². The molecule has 2 amide bonds. The fourth-order valence-electron chi connectivity index (χ4n) is 4.90. The lowest BCUT2D eigenvalue weighted by molar-refractivity contribution is -0.125. The highest BCUT2D eigenvalue weighted by molar-refractivity contribution is 6.13. The van der Waals surface area contributed by atoms with Crippen LogP contribution >= 0.6 is 0 Å². The number of hydrogen-bond acceptors (Lipinski definition) is 2. The predicted molar refractivity (Wildman–Crippen MR) is 103 cm³/mol. The Morgan fingerprint density at radius 2 is 1.67 bits per heavy atom. The van der Waals surface area contributed by atoms with Gasteiger partial charge in [0.15, 0.2) is 0 Å². The van der Waals surface area contributed by atoms with Gasteiger partial charge in [-0.05, 0) is 29.2 Å². The number of aryl methyl sites for hydroxylation is 2. The van der Waals surface area contributed by atoms with Gasteiger partial charge in [0, 0.05) is 35.2 Å². The zero-order valence-corrected chi connectivity index (χ0v) is 14.5. The Hall–Kier alpha value is -3.34. The number of carbonyl (C=O) groups is 2. The molecule has 0 saturated carbocycles. The van der Waals surface area contributed by atoms with E-state index in [1.165, 1.54) is 11.1 Å². The van der Waals surface area contributed by atoms with Crippen LogP contribution in [0.15, 0.2) is 54.9 Å². The van der Waals surface area contributed by atoms with Gasteiger partial charge in [-0.1, -0.05) is 36.4 Å². The van der Waals surface area contributed by atoms with Crippen molar-refractivity contribution in [2.75, 3.05) is 0 Å². The molecular weight excluding hydrogens is 338 g/mol. The smallest absolute Gasteiger partial charge is 0.235 e. The van der Waals surface area contributed by atoms with Gasteiger partial charge in [0.1, 0.15) is 0 Å². The lowest BCUT2D eigenvalue weighted by atomic mass is 9.83. The molecule has 1 fully saturated rings. The Bertz CT molecular complexity index is 1260. The molecule has 2 aliphatic heterocycles. The van der Waals surface area contributed by atoms with Gasteiger partial charge in [-0.25, -0.2) is 0 Å². The summed E-state index contributed by atoms with van der Waals surface area (Å²) in [7, 11) is 0. The van der Waals surface area contributed by atoms with Crippen molar-refractivity contribution in [1.29, 1.82) is 0 Å². The zero-order chi connectivity index (χ0) is 18.1. The molecule has 5 heteroatoms. The highest BCUT2D eigenvalue weighted by Crippen LogP contribution is 2.44. The highest BCUT2D eigenvalue weighted by Gasteiger charge is 2.45. The summed E-state index contributed by atoms with van der Waals surface area (Å²) >= 11 is 0. The fraction of sp³-hybridized carbons (Fsp3) is 0.182. The number of imide groups is 1. The maximum Gasteiger partial charge on any atom is 0.235 e. The summed E-state index contributed by atoms with van der Waals surface area (Å²) in [4.78, 5) is 28.9. The minimum Gasteiger partial charge on any atom is -0.361 e. The molecule has 2 atom stereocenters. The Balaban J connectivity index is 1.58. The van der Waals surface area contributed by atoms with Gasteiger partial charge in [0.05, 0.1) is 17.4 Å². The molecule has 2 aromatic heterocycles. The summed E-state index contributed by atoms with van der Waals surface area (Å²) in [5.41, 5.74) is 5.33. The predicted octanol–water partition coefficient (Wildman–Crippen LogP) is 3.20. The van der Waals surface area contributed by atoms with E-state index in [2.05, 4.69) is 33.2 Å². The molecular formula is C22H17N3O2. The van der Waals surface area contributed by atoms with Crippen molar-refractivity contribution in [3.63, 3.8) is 0 Å². The first-order chi connectivity index (χ1) is 13.2. The second-order valence-corrected chi connectivity index (χ2v) is 7.44. The normalized spacial score (nSPS) is 21.5. The van der Waals surface area contributed by atoms with Crippen molar-refractivity contribution in [3.05, 3.63) is 71.5 Å². The summed E-state index contributed by atoms with van der Waals surface area (Å²) < 4.78 is 2.22. The Morgan fingerprint density at radius 3 is 2.56 bits per heavy atom. The molecule has 1 unspecified atom stereocenters. The molecule has 0 spiro atoms. The van der Waals surface area contributed by atoms with Crippen molar-refractivity contribution in [2.24, 2.45) is 0 Å². The molecule has 0 aliphatic carbocycles. The van der Waals surface area contributed by atoms with E-state index in [1.807, 2.05) is 36.5 Å². The van der Waals surface area contributed by atoms with Crippen LogP contribution in [0.25, 0.3) is 21.8 Å². The van der Waals surface area contributed by atoms with Gasteiger partial charge >= 0.3 is 0 Å². The van der Waals surface area contributed by atoms with E-state index in [1.54, 1.807) is 0 Å². The Labute approximate surface area is 155 Å². The van der Waals surface area contributed by atoms with E-state index in [-0.39, 0.29) is 11.8 Å². The maximum atomic E-state index is 12.8. The fourth-order valence-corrected chi connectivity index (χ4v) is 4.90. The van der Waals surface area contributed by atoms with Crippen LogP contribution in [0.2, 0.25) is 0 Å². The third-order valence-corrected chi connectivity index (χ3v) is 6.07. The second kappa shape index (κ2) is 5.10. The number of nitrogens with one attached hydrogen (secondary N) is 2. The topological polar surface area (TPSA) is 66.9 Å². The Kier molecular flexibility index (Phi) is 2.79. The van der Waals surface area contributed by atoms with Crippen LogP contribution in [0.4, 0.5) is 0 Å². The first-order valence-electron chi connectivity index (χ1n) is 9.24. The number of benzene rings is 2. The molecule has 4 heterocycles. The van der Waals surface area contributed by atoms with Crippen molar-refractivity contribution >= 4 is 33.6 Å². The number of H-pyrrole nitrogens is 1. The molecule has 5 nitrogen and oxygen atoms in total. The largest absolute Gasteiger partial charge is 0.361 e. The number of aromatic amines is 1. The standard InChI is InChI=1S/C22H17N3O2/c26-21-18(15-10-23-17-7-2-1-5-13(15)17)19(22(27)24-21)16-11-25-9-8-12-4-3-6-14(16)20(12)25/h1-7,10-11,18-19,23H,8-9H2,(H,24,26,27)/t18?,19-/m0/s1. The van der Waals surface area contributed by atoms with E-state index >= 15 is 0 Å². The van der Waals surface area contributed by atoms with Gasteiger partial charge in [-0.3, -0.25) is 14.9 Å². The van der Waals surface area contributed by atoms with E-state index < -0.39 is 11.8 Å². The first kappa shape index (κ1) is 14.8.